The van der Waals surface area contributed by atoms with Gasteiger partial charge in [0.15, 0.2) is 17.6 Å². The molecule has 0 spiro atoms. The van der Waals surface area contributed by atoms with Crippen LogP contribution < -0.4 is 10.6 Å². The number of halogens is 3. The number of amides is 1. The monoisotopic (exact) mass is 285 g/mol. The molecule has 1 amide bonds. The summed E-state index contributed by atoms with van der Waals surface area (Å²) in [6, 6.07) is -0.0214. The van der Waals surface area contributed by atoms with Gasteiger partial charge in [0.1, 0.15) is 11.9 Å². The van der Waals surface area contributed by atoms with Crippen LogP contribution in [0.15, 0.2) is 17.1 Å². The maximum Gasteiger partial charge on any atom is 0.254 e. The Balaban J connectivity index is 2.24. The van der Waals surface area contributed by atoms with Crippen LogP contribution in [0.5, 0.6) is 0 Å². The van der Waals surface area contributed by atoms with Gasteiger partial charge >= 0.3 is 0 Å². The van der Waals surface area contributed by atoms with E-state index in [0.29, 0.717) is 24.6 Å². The molecule has 0 aliphatic carbocycles. The molecule has 108 valence electrons. The molecule has 1 aromatic rings. The standard InChI is InChI=1S/C13H14F3N3O/c1-6(2)5-17-13-18-11(12(20)19-13)7-3-9(15)10(16)4-8(7)14/h3-4,6,11H,5H2,1-2H3,(H2,17,18,19,20). The van der Waals surface area contributed by atoms with Gasteiger partial charge in [0.05, 0.1) is 0 Å². The highest BCUT2D eigenvalue weighted by Crippen LogP contribution is 2.22. The molecule has 1 saturated heterocycles. The molecule has 7 heteroatoms. The van der Waals surface area contributed by atoms with Crippen LogP contribution in [0.25, 0.3) is 0 Å². The molecule has 2 rings (SSSR count). The summed E-state index contributed by atoms with van der Waals surface area (Å²) in [5, 5.41) is 5.10. The number of aliphatic imine (C=N–C) groups is 1. The molecule has 0 aromatic heterocycles. The Labute approximate surface area is 114 Å². The van der Waals surface area contributed by atoms with Gasteiger partial charge in [-0.3, -0.25) is 15.1 Å². The zero-order valence-electron chi connectivity index (χ0n) is 11.0. The SMILES string of the molecule is CC(C)CN=C1NC(=O)C(c2cc(F)c(F)cc2F)N1. The van der Waals surface area contributed by atoms with Gasteiger partial charge < -0.3 is 5.32 Å². The molecular formula is C13H14F3N3O. The van der Waals surface area contributed by atoms with Crippen LogP contribution >= 0.6 is 0 Å². The first-order chi connectivity index (χ1) is 9.38. The molecule has 0 bridgehead atoms. The summed E-state index contributed by atoms with van der Waals surface area (Å²) in [5.41, 5.74) is -0.254. The number of hydrogen-bond donors (Lipinski definition) is 2. The maximum absolute atomic E-state index is 13.6. The van der Waals surface area contributed by atoms with Crippen LogP contribution in [0.1, 0.15) is 25.5 Å². The van der Waals surface area contributed by atoms with E-state index in [0.717, 1.165) is 0 Å². The predicted molar refractivity (Wildman–Crippen MR) is 67.5 cm³/mol. The van der Waals surface area contributed by atoms with Gasteiger partial charge in [-0.05, 0) is 12.0 Å². The third-order valence-corrected chi connectivity index (χ3v) is 2.75. The summed E-state index contributed by atoms with van der Waals surface area (Å²) >= 11 is 0. The van der Waals surface area contributed by atoms with Gasteiger partial charge in [0.25, 0.3) is 5.91 Å². The molecule has 2 N–H and O–H groups in total. The van der Waals surface area contributed by atoms with E-state index in [1.54, 1.807) is 0 Å². The largest absolute Gasteiger partial charge is 0.340 e. The fourth-order valence-electron chi connectivity index (χ4n) is 1.76. The number of guanidine groups is 1. The van der Waals surface area contributed by atoms with E-state index in [-0.39, 0.29) is 11.5 Å². The lowest BCUT2D eigenvalue weighted by Gasteiger charge is -2.10. The first-order valence-electron chi connectivity index (χ1n) is 6.14. The zero-order chi connectivity index (χ0) is 14.9. The van der Waals surface area contributed by atoms with Crippen molar-refractivity contribution in [2.75, 3.05) is 6.54 Å². The van der Waals surface area contributed by atoms with Crippen molar-refractivity contribution in [3.63, 3.8) is 0 Å². The van der Waals surface area contributed by atoms with Crippen molar-refractivity contribution in [3.05, 3.63) is 35.1 Å². The quantitative estimate of drug-likeness (QED) is 0.833. The molecule has 1 aliphatic heterocycles. The van der Waals surface area contributed by atoms with Gasteiger partial charge in [0, 0.05) is 18.2 Å². The highest BCUT2D eigenvalue weighted by molar-refractivity contribution is 6.06. The second-order valence-corrected chi connectivity index (χ2v) is 4.94. The lowest BCUT2D eigenvalue weighted by atomic mass is 10.1. The number of carbonyl (C=O) groups is 1. The second-order valence-electron chi connectivity index (χ2n) is 4.94. The summed E-state index contributed by atoms with van der Waals surface area (Å²) in [4.78, 5) is 15.8. The Kier molecular flexibility index (Phi) is 3.96. The smallest absolute Gasteiger partial charge is 0.254 e. The van der Waals surface area contributed by atoms with Crippen LogP contribution in [0, 0.1) is 23.4 Å². The van der Waals surface area contributed by atoms with E-state index >= 15 is 0 Å². The molecule has 0 saturated carbocycles. The topological polar surface area (TPSA) is 53.5 Å². The Bertz CT molecular complexity index is 572. The average Bonchev–Trinajstić information content (AvgIpc) is 2.72. The summed E-state index contributed by atoms with van der Waals surface area (Å²) < 4.78 is 39.7. The van der Waals surface area contributed by atoms with Crippen LogP contribution in [-0.2, 0) is 4.79 Å². The summed E-state index contributed by atoms with van der Waals surface area (Å²) in [6.45, 7) is 4.39. The summed E-state index contributed by atoms with van der Waals surface area (Å²) in [6.07, 6.45) is 0. The van der Waals surface area contributed by atoms with Gasteiger partial charge in [-0.25, -0.2) is 13.2 Å². The Morgan fingerprint density at radius 2 is 1.85 bits per heavy atom. The number of rotatable bonds is 3. The molecule has 0 radical (unpaired) electrons. The molecule has 1 heterocycles. The minimum absolute atomic E-state index is 0.206. The molecule has 1 unspecified atom stereocenters. The lowest BCUT2D eigenvalue weighted by molar-refractivity contribution is -0.120. The van der Waals surface area contributed by atoms with Crippen molar-refractivity contribution in [3.8, 4) is 0 Å². The number of nitrogens with zero attached hydrogens (tertiary/aromatic N) is 1. The number of hydrogen-bond acceptors (Lipinski definition) is 2. The van der Waals surface area contributed by atoms with Gasteiger partial charge in [-0.1, -0.05) is 13.8 Å². The highest BCUT2D eigenvalue weighted by Gasteiger charge is 2.32. The molecular weight excluding hydrogens is 271 g/mol. The van der Waals surface area contributed by atoms with E-state index < -0.39 is 29.4 Å². The van der Waals surface area contributed by atoms with Crippen LogP contribution in [0.3, 0.4) is 0 Å². The minimum atomic E-state index is -1.29. The van der Waals surface area contributed by atoms with Crippen LogP contribution in [-0.4, -0.2) is 18.4 Å². The van der Waals surface area contributed by atoms with Crippen molar-refractivity contribution in [2.45, 2.75) is 19.9 Å². The molecule has 1 fully saturated rings. The fourth-order valence-corrected chi connectivity index (χ4v) is 1.76. The van der Waals surface area contributed by atoms with Crippen molar-refractivity contribution in [2.24, 2.45) is 10.9 Å². The highest BCUT2D eigenvalue weighted by atomic mass is 19.2. The molecule has 20 heavy (non-hydrogen) atoms. The Morgan fingerprint density at radius 1 is 1.20 bits per heavy atom. The van der Waals surface area contributed by atoms with E-state index in [1.807, 2.05) is 13.8 Å². The van der Waals surface area contributed by atoms with Crippen molar-refractivity contribution in [1.29, 1.82) is 0 Å². The van der Waals surface area contributed by atoms with E-state index in [9.17, 15) is 18.0 Å². The number of nitrogens with one attached hydrogen (secondary N) is 2. The summed E-state index contributed by atoms with van der Waals surface area (Å²) in [7, 11) is 0. The average molecular weight is 285 g/mol. The van der Waals surface area contributed by atoms with Gasteiger partial charge in [-0.2, -0.15) is 0 Å². The Hall–Kier alpha value is -2.05. The third kappa shape index (κ3) is 2.92. The maximum atomic E-state index is 13.6. The molecule has 1 atom stereocenters. The predicted octanol–water partition coefficient (Wildman–Crippen LogP) is 1.88. The number of carbonyl (C=O) groups excluding carboxylic acids is 1. The van der Waals surface area contributed by atoms with E-state index in [4.69, 9.17) is 0 Å². The first kappa shape index (κ1) is 14.4. The van der Waals surface area contributed by atoms with Crippen LogP contribution in [0.2, 0.25) is 0 Å². The van der Waals surface area contributed by atoms with Crippen molar-refractivity contribution >= 4 is 11.9 Å². The van der Waals surface area contributed by atoms with E-state index in [1.165, 1.54) is 0 Å². The molecule has 1 aliphatic rings. The third-order valence-electron chi connectivity index (χ3n) is 2.75. The van der Waals surface area contributed by atoms with Crippen molar-refractivity contribution in [1.82, 2.24) is 10.6 Å². The first-order valence-corrected chi connectivity index (χ1v) is 6.14. The van der Waals surface area contributed by atoms with E-state index in [2.05, 4.69) is 15.6 Å². The summed E-state index contributed by atoms with van der Waals surface area (Å²) in [5.74, 6) is -3.54. The normalized spacial score (nSPS) is 20.4. The molecule has 1 aromatic carbocycles. The Morgan fingerprint density at radius 3 is 2.50 bits per heavy atom. The number of benzene rings is 1. The second kappa shape index (κ2) is 5.52. The van der Waals surface area contributed by atoms with Crippen LogP contribution in [0.4, 0.5) is 13.2 Å². The van der Waals surface area contributed by atoms with Crippen molar-refractivity contribution < 1.29 is 18.0 Å². The molecule has 4 nitrogen and oxygen atoms in total. The van der Waals surface area contributed by atoms with Gasteiger partial charge in [-0.15, -0.1) is 0 Å². The lowest BCUT2D eigenvalue weighted by Crippen LogP contribution is -2.26. The fraction of sp³-hybridized carbons (Fsp3) is 0.385. The zero-order valence-corrected chi connectivity index (χ0v) is 11.0. The van der Waals surface area contributed by atoms with Gasteiger partial charge in [0.2, 0.25) is 0 Å². The minimum Gasteiger partial charge on any atom is -0.340 e.